The average molecular weight is 261 g/mol. The van der Waals surface area contributed by atoms with Gasteiger partial charge in [0.2, 0.25) is 10.0 Å². The van der Waals surface area contributed by atoms with E-state index in [4.69, 9.17) is 0 Å². The number of nitrogens with zero attached hydrogens (tertiary/aromatic N) is 1. The second-order valence-corrected chi connectivity index (χ2v) is 7.00. The van der Waals surface area contributed by atoms with Crippen LogP contribution in [-0.2, 0) is 10.0 Å². The molecule has 2 aliphatic rings. The van der Waals surface area contributed by atoms with Gasteiger partial charge in [-0.1, -0.05) is 0 Å². The second-order valence-electron chi connectivity index (χ2n) is 4.96. The number of likely N-dealkylation sites (tertiary alicyclic amines) is 1. The lowest BCUT2D eigenvalue weighted by Crippen LogP contribution is -2.37. The zero-order chi connectivity index (χ0) is 12.1. The highest BCUT2D eigenvalue weighted by Crippen LogP contribution is 2.09. The topological polar surface area (TPSA) is 61.4 Å². The van der Waals surface area contributed by atoms with Gasteiger partial charge in [-0.05, 0) is 51.9 Å². The van der Waals surface area contributed by atoms with Gasteiger partial charge < -0.3 is 10.2 Å². The smallest absolute Gasteiger partial charge is 0.215 e. The Morgan fingerprint density at radius 3 is 2.71 bits per heavy atom. The van der Waals surface area contributed by atoms with Crippen LogP contribution in [0.5, 0.6) is 0 Å². The Bertz CT molecular complexity index is 320. The highest BCUT2D eigenvalue weighted by molar-refractivity contribution is 7.90. The third-order valence-corrected chi connectivity index (χ3v) is 5.49. The minimum atomic E-state index is -3.09. The quantitative estimate of drug-likeness (QED) is 0.648. The molecule has 1 atom stereocenters. The summed E-state index contributed by atoms with van der Waals surface area (Å²) >= 11 is 0. The molecule has 2 saturated heterocycles. The average Bonchev–Trinajstić information content (AvgIpc) is 2.97. The fraction of sp³-hybridized carbons (Fsp3) is 1.00. The molecular weight excluding hydrogens is 238 g/mol. The van der Waals surface area contributed by atoms with Gasteiger partial charge in [-0.3, -0.25) is 0 Å². The Morgan fingerprint density at radius 1 is 1.29 bits per heavy atom. The summed E-state index contributed by atoms with van der Waals surface area (Å²) in [6.07, 6.45) is 4.24. The highest BCUT2D eigenvalue weighted by Gasteiger charge is 2.27. The first-order valence-electron chi connectivity index (χ1n) is 6.60. The molecular formula is C11H23N3O2S. The number of sulfonamides is 1. The van der Waals surface area contributed by atoms with E-state index in [0.29, 0.717) is 13.1 Å². The van der Waals surface area contributed by atoms with Crippen molar-refractivity contribution in [1.82, 2.24) is 14.9 Å². The first-order valence-corrected chi connectivity index (χ1v) is 8.15. The first kappa shape index (κ1) is 13.3. The summed E-state index contributed by atoms with van der Waals surface area (Å²) in [5.74, 6) is 0. The Labute approximate surface area is 104 Å². The van der Waals surface area contributed by atoms with Crippen molar-refractivity contribution in [3.05, 3.63) is 0 Å². The van der Waals surface area contributed by atoms with Crippen LogP contribution in [0.25, 0.3) is 0 Å². The fourth-order valence-electron chi connectivity index (χ4n) is 2.53. The van der Waals surface area contributed by atoms with Crippen LogP contribution >= 0.6 is 0 Å². The van der Waals surface area contributed by atoms with E-state index in [1.807, 2.05) is 0 Å². The number of hydrogen-bond acceptors (Lipinski definition) is 4. The monoisotopic (exact) mass is 261 g/mol. The molecule has 0 aromatic carbocycles. The fourth-order valence-corrected chi connectivity index (χ4v) is 3.96. The van der Waals surface area contributed by atoms with Crippen molar-refractivity contribution in [3.8, 4) is 0 Å². The van der Waals surface area contributed by atoms with Crippen LogP contribution in [0.2, 0.25) is 0 Å². The summed E-state index contributed by atoms with van der Waals surface area (Å²) in [6.45, 7) is 5.38. The van der Waals surface area contributed by atoms with E-state index in [2.05, 4.69) is 14.9 Å². The summed E-state index contributed by atoms with van der Waals surface area (Å²) < 4.78 is 26.5. The number of nitrogens with one attached hydrogen (secondary N) is 2. The van der Waals surface area contributed by atoms with E-state index in [1.54, 1.807) is 0 Å². The lowest BCUT2D eigenvalue weighted by molar-refractivity contribution is 0.334. The van der Waals surface area contributed by atoms with E-state index in [9.17, 15) is 8.42 Å². The standard InChI is InChI=1S/C11H23N3O2S/c15-17(16,11-4-6-12-10-11)13-5-3-9-14-7-1-2-8-14/h11-13H,1-10H2. The van der Waals surface area contributed by atoms with Crippen LogP contribution in [0.4, 0.5) is 0 Å². The van der Waals surface area contributed by atoms with Gasteiger partial charge in [-0.15, -0.1) is 0 Å². The van der Waals surface area contributed by atoms with E-state index < -0.39 is 10.0 Å². The molecule has 1 unspecified atom stereocenters. The summed E-state index contributed by atoms with van der Waals surface area (Å²) in [6, 6.07) is 0. The summed E-state index contributed by atoms with van der Waals surface area (Å²) in [7, 11) is -3.09. The normalized spacial score (nSPS) is 26.7. The Kier molecular flexibility index (Phi) is 4.78. The van der Waals surface area contributed by atoms with Gasteiger partial charge in [-0.25, -0.2) is 13.1 Å². The van der Waals surface area contributed by atoms with Crippen LogP contribution < -0.4 is 10.0 Å². The van der Waals surface area contributed by atoms with Crippen molar-refractivity contribution in [3.63, 3.8) is 0 Å². The molecule has 0 spiro atoms. The van der Waals surface area contributed by atoms with Crippen molar-refractivity contribution >= 4 is 10.0 Å². The van der Waals surface area contributed by atoms with Gasteiger partial charge in [0, 0.05) is 13.1 Å². The predicted octanol–water partition coefficient (Wildman–Crippen LogP) is -0.246. The SMILES string of the molecule is O=S(=O)(NCCCN1CCCC1)C1CCNC1. The highest BCUT2D eigenvalue weighted by atomic mass is 32.2. The van der Waals surface area contributed by atoms with Gasteiger partial charge in [0.15, 0.2) is 0 Å². The van der Waals surface area contributed by atoms with Crippen molar-refractivity contribution in [1.29, 1.82) is 0 Å². The van der Waals surface area contributed by atoms with Gasteiger partial charge in [-0.2, -0.15) is 0 Å². The van der Waals surface area contributed by atoms with Gasteiger partial charge >= 0.3 is 0 Å². The zero-order valence-corrected chi connectivity index (χ0v) is 11.1. The third-order valence-electron chi connectivity index (χ3n) is 3.61. The molecule has 6 heteroatoms. The third kappa shape index (κ3) is 3.91. The molecule has 0 aliphatic carbocycles. The minimum absolute atomic E-state index is 0.228. The molecule has 2 aliphatic heterocycles. The maximum Gasteiger partial charge on any atom is 0.215 e. The van der Waals surface area contributed by atoms with Crippen molar-refractivity contribution in [2.45, 2.75) is 30.9 Å². The molecule has 0 amide bonds. The summed E-state index contributed by atoms with van der Waals surface area (Å²) in [5.41, 5.74) is 0. The number of rotatable bonds is 6. The second kappa shape index (κ2) is 6.13. The van der Waals surface area contributed by atoms with Crippen LogP contribution in [0.1, 0.15) is 25.7 Å². The first-order chi connectivity index (χ1) is 8.18. The summed E-state index contributed by atoms with van der Waals surface area (Å²) in [4.78, 5) is 2.41. The zero-order valence-electron chi connectivity index (χ0n) is 10.3. The molecule has 2 fully saturated rings. The van der Waals surface area contributed by atoms with E-state index >= 15 is 0 Å². The summed E-state index contributed by atoms with van der Waals surface area (Å²) in [5, 5.41) is 2.86. The molecule has 17 heavy (non-hydrogen) atoms. The molecule has 0 bridgehead atoms. The van der Waals surface area contributed by atoms with Crippen molar-refractivity contribution in [2.24, 2.45) is 0 Å². The molecule has 0 aromatic heterocycles. The molecule has 100 valence electrons. The lowest BCUT2D eigenvalue weighted by Gasteiger charge is -2.15. The maximum absolute atomic E-state index is 11.9. The number of hydrogen-bond donors (Lipinski definition) is 2. The van der Waals surface area contributed by atoms with Crippen molar-refractivity contribution in [2.75, 3.05) is 39.3 Å². The van der Waals surface area contributed by atoms with E-state index in [0.717, 1.165) is 25.9 Å². The van der Waals surface area contributed by atoms with E-state index in [1.165, 1.54) is 25.9 Å². The molecule has 0 aromatic rings. The molecule has 2 N–H and O–H groups in total. The van der Waals surface area contributed by atoms with E-state index in [-0.39, 0.29) is 5.25 Å². The van der Waals surface area contributed by atoms with Crippen LogP contribution in [0.15, 0.2) is 0 Å². The van der Waals surface area contributed by atoms with Crippen molar-refractivity contribution < 1.29 is 8.42 Å². The predicted molar refractivity (Wildman–Crippen MR) is 68.5 cm³/mol. The largest absolute Gasteiger partial charge is 0.315 e. The molecule has 5 nitrogen and oxygen atoms in total. The van der Waals surface area contributed by atoms with Crippen LogP contribution in [-0.4, -0.2) is 57.8 Å². The van der Waals surface area contributed by atoms with Gasteiger partial charge in [0.05, 0.1) is 5.25 Å². The van der Waals surface area contributed by atoms with Gasteiger partial charge in [0.1, 0.15) is 0 Å². The molecule has 2 rings (SSSR count). The lowest BCUT2D eigenvalue weighted by atomic mass is 10.4. The maximum atomic E-state index is 11.9. The van der Waals surface area contributed by atoms with Gasteiger partial charge in [0.25, 0.3) is 0 Å². The molecule has 0 radical (unpaired) electrons. The molecule has 0 saturated carbocycles. The Balaban J connectivity index is 1.63. The molecule has 2 heterocycles. The Morgan fingerprint density at radius 2 is 2.06 bits per heavy atom. The van der Waals surface area contributed by atoms with Crippen LogP contribution in [0, 0.1) is 0 Å². The minimum Gasteiger partial charge on any atom is -0.315 e. The Hall–Kier alpha value is -0.170. The van der Waals surface area contributed by atoms with Crippen LogP contribution in [0.3, 0.4) is 0 Å².